The Balaban J connectivity index is 1.48. The lowest BCUT2D eigenvalue weighted by molar-refractivity contribution is -0.135. The minimum absolute atomic E-state index is 0.0418. The second kappa shape index (κ2) is 10.1. The highest BCUT2D eigenvalue weighted by molar-refractivity contribution is 5.93. The van der Waals surface area contributed by atoms with Crippen LogP contribution in [0, 0.1) is 0 Å². The lowest BCUT2D eigenvalue weighted by Crippen LogP contribution is -2.22. The summed E-state index contributed by atoms with van der Waals surface area (Å²) in [5.41, 5.74) is 2.13. The number of esters is 1. The van der Waals surface area contributed by atoms with Crippen LogP contribution in [0.2, 0.25) is 0 Å². The average Bonchev–Trinajstić information content (AvgIpc) is 2.94. The van der Waals surface area contributed by atoms with Gasteiger partial charge in [0.05, 0.1) is 13.0 Å². The molecular weight excluding hydrogens is 512 g/mol. The maximum absolute atomic E-state index is 13.2. The number of hydrogen-bond donors (Lipinski definition) is 3. The number of hydrogen-bond acceptors (Lipinski definition) is 8. The van der Waals surface area contributed by atoms with Crippen molar-refractivity contribution in [2.75, 3.05) is 6.61 Å². The molecule has 200 valence electrons. The molecule has 0 amide bonds. The van der Waals surface area contributed by atoms with E-state index in [0.29, 0.717) is 35.5 Å². The van der Waals surface area contributed by atoms with Crippen LogP contribution in [0.1, 0.15) is 29.0 Å². The van der Waals surface area contributed by atoms with Gasteiger partial charge in [0, 0.05) is 41.2 Å². The molecule has 1 aromatic heterocycles. The quantitative estimate of drug-likeness (QED) is 0.145. The summed E-state index contributed by atoms with van der Waals surface area (Å²) in [6.07, 6.45) is 0.646. The number of carbonyl (C=O) groups excluding carboxylic acids is 1. The summed E-state index contributed by atoms with van der Waals surface area (Å²) in [4.78, 5) is 25.9. The van der Waals surface area contributed by atoms with E-state index in [9.17, 15) is 24.9 Å². The maximum atomic E-state index is 13.2. The van der Waals surface area contributed by atoms with Crippen molar-refractivity contribution < 1.29 is 34.0 Å². The van der Waals surface area contributed by atoms with Gasteiger partial charge in [0.2, 0.25) is 0 Å². The SMILES string of the molecule is O=C1C[C@H](c2ccccc2OCCc2ccccc2)c2c(cc(O)c3c(=O)cc(-c4ccc(O)c(O)c4)oc23)O1. The van der Waals surface area contributed by atoms with Crippen LogP contribution in [0.3, 0.4) is 0 Å². The van der Waals surface area contributed by atoms with E-state index < -0.39 is 17.3 Å². The molecule has 1 aliphatic heterocycles. The predicted molar refractivity (Wildman–Crippen MR) is 147 cm³/mol. The lowest BCUT2D eigenvalue weighted by Gasteiger charge is -2.27. The Hall–Kier alpha value is -5.24. The fourth-order valence-corrected chi connectivity index (χ4v) is 5.07. The van der Waals surface area contributed by atoms with Crippen molar-refractivity contribution >= 4 is 16.9 Å². The van der Waals surface area contributed by atoms with Gasteiger partial charge in [0.15, 0.2) is 16.9 Å². The van der Waals surface area contributed by atoms with Crippen molar-refractivity contribution in [3.8, 4) is 40.1 Å². The van der Waals surface area contributed by atoms with Crippen LogP contribution in [-0.2, 0) is 11.2 Å². The highest BCUT2D eigenvalue weighted by Crippen LogP contribution is 2.48. The van der Waals surface area contributed by atoms with Crippen molar-refractivity contribution in [3.05, 3.63) is 112 Å². The number of para-hydroxylation sites is 1. The molecule has 0 unspecified atom stereocenters. The smallest absolute Gasteiger partial charge is 0.312 e. The number of benzene rings is 4. The molecule has 8 nitrogen and oxygen atoms in total. The number of fused-ring (bicyclic) bond motifs is 3. The number of carbonyl (C=O) groups is 1. The Kier molecular flexibility index (Phi) is 6.36. The van der Waals surface area contributed by atoms with Gasteiger partial charge < -0.3 is 29.2 Å². The molecule has 0 spiro atoms. The Morgan fingerprint density at radius 2 is 1.60 bits per heavy atom. The molecule has 1 atom stereocenters. The predicted octanol–water partition coefficient (Wildman–Crippen LogP) is 5.64. The molecule has 8 heteroatoms. The van der Waals surface area contributed by atoms with Crippen molar-refractivity contribution in [2.24, 2.45) is 0 Å². The van der Waals surface area contributed by atoms with Crippen LogP contribution in [0.4, 0.5) is 0 Å². The average molecular weight is 537 g/mol. The third-order valence-electron chi connectivity index (χ3n) is 6.97. The zero-order valence-electron chi connectivity index (χ0n) is 21.2. The van der Waals surface area contributed by atoms with Crippen LogP contribution in [0.25, 0.3) is 22.3 Å². The molecular formula is C32H24O8. The standard InChI is InChI=1S/C32H24O8/c33-22-11-10-19(14-23(22)34)27-16-24(35)31-25(36)17-28-30(32(31)40-27)21(15-29(37)39-28)20-8-4-5-9-26(20)38-13-12-18-6-2-1-3-7-18/h1-11,14,16-17,21,33-34,36H,12-13,15H2/t21-/m1/s1. The fraction of sp³-hybridized carbons (Fsp3) is 0.125. The van der Waals surface area contributed by atoms with E-state index in [-0.39, 0.29) is 46.1 Å². The van der Waals surface area contributed by atoms with Crippen LogP contribution < -0.4 is 14.9 Å². The molecule has 1 aliphatic rings. The summed E-state index contributed by atoms with van der Waals surface area (Å²) in [6.45, 7) is 0.408. The van der Waals surface area contributed by atoms with Crippen molar-refractivity contribution in [3.63, 3.8) is 0 Å². The molecule has 0 bridgehead atoms. The van der Waals surface area contributed by atoms with Crippen molar-refractivity contribution in [2.45, 2.75) is 18.8 Å². The van der Waals surface area contributed by atoms with E-state index in [4.69, 9.17) is 13.9 Å². The molecule has 0 saturated carbocycles. The van der Waals surface area contributed by atoms with Crippen molar-refractivity contribution in [1.82, 2.24) is 0 Å². The number of ether oxygens (including phenoxy) is 2. The van der Waals surface area contributed by atoms with E-state index in [1.807, 2.05) is 54.6 Å². The monoisotopic (exact) mass is 536 g/mol. The molecule has 6 rings (SSSR count). The number of aromatic hydroxyl groups is 3. The molecule has 40 heavy (non-hydrogen) atoms. The van der Waals surface area contributed by atoms with E-state index in [1.54, 1.807) is 0 Å². The Morgan fingerprint density at radius 3 is 2.40 bits per heavy atom. The van der Waals surface area contributed by atoms with Gasteiger partial charge in [-0.2, -0.15) is 0 Å². The topological polar surface area (TPSA) is 126 Å². The summed E-state index contributed by atoms with van der Waals surface area (Å²) in [6, 6.07) is 23.8. The second-order valence-corrected chi connectivity index (χ2v) is 9.54. The van der Waals surface area contributed by atoms with Gasteiger partial charge in [0.25, 0.3) is 0 Å². The molecule has 0 radical (unpaired) electrons. The highest BCUT2D eigenvalue weighted by Gasteiger charge is 2.35. The van der Waals surface area contributed by atoms with Crippen molar-refractivity contribution in [1.29, 1.82) is 0 Å². The number of rotatable bonds is 6. The van der Waals surface area contributed by atoms with Gasteiger partial charge in [0.1, 0.15) is 34.0 Å². The largest absolute Gasteiger partial charge is 0.507 e. The van der Waals surface area contributed by atoms with E-state index in [0.717, 1.165) is 5.56 Å². The van der Waals surface area contributed by atoms with Gasteiger partial charge in [-0.05, 0) is 29.8 Å². The normalized spacial score (nSPS) is 14.5. The fourth-order valence-electron chi connectivity index (χ4n) is 5.07. The first-order chi connectivity index (χ1) is 19.4. The zero-order valence-corrected chi connectivity index (χ0v) is 21.2. The highest BCUT2D eigenvalue weighted by atomic mass is 16.5. The summed E-state index contributed by atoms with van der Waals surface area (Å²) < 4.78 is 17.9. The van der Waals surface area contributed by atoms with Crippen LogP contribution in [0.15, 0.2) is 94.1 Å². The van der Waals surface area contributed by atoms with Crippen LogP contribution in [0.5, 0.6) is 28.7 Å². The Morgan fingerprint density at radius 1 is 0.825 bits per heavy atom. The molecule has 4 aromatic carbocycles. The first kappa shape index (κ1) is 25.1. The summed E-state index contributed by atoms with van der Waals surface area (Å²) in [5, 5.41) is 30.4. The number of phenols is 3. The van der Waals surface area contributed by atoms with E-state index in [2.05, 4.69) is 0 Å². The van der Waals surface area contributed by atoms with Gasteiger partial charge >= 0.3 is 5.97 Å². The van der Waals surface area contributed by atoms with Crippen LogP contribution >= 0.6 is 0 Å². The molecule has 2 heterocycles. The summed E-state index contributed by atoms with van der Waals surface area (Å²) in [7, 11) is 0. The first-order valence-electron chi connectivity index (χ1n) is 12.7. The third kappa shape index (κ3) is 4.60. The minimum Gasteiger partial charge on any atom is -0.507 e. The third-order valence-corrected chi connectivity index (χ3v) is 6.97. The molecule has 0 aliphatic carbocycles. The van der Waals surface area contributed by atoms with Gasteiger partial charge in [-0.15, -0.1) is 0 Å². The Bertz CT molecular complexity index is 1810. The molecule has 5 aromatic rings. The second-order valence-electron chi connectivity index (χ2n) is 9.54. The summed E-state index contributed by atoms with van der Waals surface area (Å²) in [5.74, 6) is -1.43. The maximum Gasteiger partial charge on any atom is 0.312 e. The number of phenolic OH excluding ortho intramolecular Hbond substituents is 3. The van der Waals surface area contributed by atoms with Gasteiger partial charge in [-0.25, -0.2) is 0 Å². The van der Waals surface area contributed by atoms with Crippen LogP contribution in [-0.4, -0.2) is 27.9 Å². The molecule has 0 fully saturated rings. The van der Waals surface area contributed by atoms with Gasteiger partial charge in [-0.1, -0.05) is 48.5 Å². The summed E-state index contributed by atoms with van der Waals surface area (Å²) >= 11 is 0. The van der Waals surface area contributed by atoms with Gasteiger partial charge in [-0.3, -0.25) is 9.59 Å². The minimum atomic E-state index is -0.598. The molecule has 3 N–H and O–H groups in total. The first-order valence-corrected chi connectivity index (χ1v) is 12.7. The molecule has 0 saturated heterocycles. The Labute approximate surface area is 228 Å². The zero-order chi connectivity index (χ0) is 27.8. The lowest BCUT2D eigenvalue weighted by atomic mass is 9.84. The van der Waals surface area contributed by atoms with E-state index in [1.165, 1.54) is 30.3 Å². The van der Waals surface area contributed by atoms with E-state index >= 15 is 0 Å².